The van der Waals surface area contributed by atoms with E-state index in [1.54, 1.807) is 6.92 Å². The summed E-state index contributed by atoms with van der Waals surface area (Å²) in [5.41, 5.74) is 0. The zero-order valence-corrected chi connectivity index (χ0v) is 8.44. The summed E-state index contributed by atoms with van der Waals surface area (Å²) in [5.74, 6) is -1.16. The fourth-order valence-corrected chi connectivity index (χ4v) is 1.59. The van der Waals surface area contributed by atoms with Gasteiger partial charge in [-0.3, -0.25) is 9.69 Å². The molecule has 0 amide bonds. The Morgan fingerprint density at radius 1 is 1.71 bits per heavy atom. The van der Waals surface area contributed by atoms with Crippen molar-refractivity contribution in [3.05, 3.63) is 0 Å². The quantitative estimate of drug-likeness (QED) is 0.546. The standard InChI is InChI=1S/C9H18N2O3/c1-7(9(13)14)5-11-3-2-10-4-8(12)6-11/h7-8,10,12H,2-6H2,1H3,(H,13,14). The molecule has 1 fully saturated rings. The second kappa shape index (κ2) is 5.29. The summed E-state index contributed by atoms with van der Waals surface area (Å²) in [4.78, 5) is 12.6. The molecule has 82 valence electrons. The monoisotopic (exact) mass is 202 g/mol. The minimum absolute atomic E-state index is 0.375. The van der Waals surface area contributed by atoms with Gasteiger partial charge in [0.25, 0.3) is 0 Å². The third kappa shape index (κ3) is 3.61. The second-order valence-corrected chi connectivity index (χ2v) is 3.86. The predicted molar refractivity (Wildman–Crippen MR) is 52.1 cm³/mol. The van der Waals surface area contributed by atoms with Gasteiger partial charge in [0.05, 0.1) is 12.0 Å². The molecule has 14 heavy (non-hydrogen) atoms. The molecule has 0 aliphatic carbocycles. The van der Waals surface area contributed by atoms with E-state index >= 15 is 0 Å². The molecule has 2 unspecified atom stereocenters. The van der Waals surface area contributed by atoms with Gasteiger partial charge in [0.1, 0.15) is 0 Å². The van der Waals surface area contributed by atoms with Crippen molar-refractivity contribution in [3.63, 3.8) is 0 Å². The molecular weight excluding hydrogens is 184 g/mol. The second-order valence-electron chi connectivity index (χ2n) is 3.86. The van der Waals surface area contributed by atoms with Gasteiger partial charge in [-0.2, -0.15) is 0 Å². The smallest absolute Gasteiger partial charge is 0.307 e. The normalized spacial score (nSPS) is 26.9. The van der Waals surface area contributed by atoms with Crippen molar-refractivity contribution in [1.29, 1.82) is 0 Å². The molecule has 1 heterocycles. The van der Waals surface area contributed by atoms with Crippen LogP contribution in [0.4, 0.5) is 0 Å². The number of nitrogens with zero attached hydrogens (tertiary/aromatic N) is 1. The molecular formula is C9H18N2O3. The van der Waals surface area contributed by atoms with Crippen molar-refractivity contribution in [3.8, 4) is 0 Å². The lowest BCUT2D eigenvalue weighted by molar-refractivity contribution is -0.141. The van der Waals surface area contributed by atoms with Crippen LogP contribution in [0.1, 0.15) is 6.92 Å². The van der Waals surface area contributed by atoms with Crippen LogP contribution in [0.15, 0.2) is 0 Å². The molecule has 1 saturated heterocycles. The molecule has 0 aromatic carbocycles. The van der Waals surface area contributed by atoms with E-state index in [0.29, 0.717) is 19.6 Å². The first-order valence-electron chi connectivity index (χ1n) is 4.93. The maximum absolute atomic E-state index is 10.6. The van der Waals surface area contributed by atoms with Crippen LogP contribution in [0.3, 0.4) is 0 Å². The topological polar surface area (TPSA) is 72.8 Å². The first-order valence-corrected chi connectivity index (χ1v) is 4.93. The number of aliphatic hydroxyl groups excluding tert-OH is 1. The molecule has 0 saturated carbocycles. The molecule has 5 heteroatoms. The number of rotatable bonds is 3. The highest BCUT2D eigenvalue weighted by atomic mass is 16.4. The third-order valence-electron chi connectivity index (χ3n) is 2.41. The fourth-order valence-electron chi connectivity index (χ4n) is 1.59. The Labute approximate surface area is 83.7 Å². The maximum atomic E-state index is 10.6. The molecule has 3 N–H and O–H groups in total. The number of carboxylic acid groups (broad SMARTS) is 1. The lowest BCUT2D eigenvalue weighted by atomic mass is 10.1. The van der Waals surface area contributed by atoms with E-state index in [1.165, 1.54) is 0 Å². The molecule has 0 bridgehead atoms. The van der Waals surface area contributed by atoms with Crippen LogP contribution in [0.25, 0.3) is 0 Å². The summed E-state index contributed by atoms with van der Waals surface area (Å²) in [6.07, 6.45) is -0.390. The third-order valence-corrected chi connectivity index (χ3v) is 2.41. The lowest BCUT2D eigenvalue weighted by Crippen LogP contribution is -2.37. The van der Waals surface area contributed by atoms with E-state index in [1.807, 2.05) is 4.90 Å². The van der Waals surface area contributed by atoms with Gasteiger partial charge < -0.3 is 15.5 Å². The predicted octanol–water partition coefficient (Wildman–Crippen LogP) is -1.03. The summed E-state index contributed by atoms with van der Waals surface area (Å²) in [5, 5.41) is 21.3. The molecule has 1 aliphatic heterocycles. The summed E-state index contributed by atoms with van der Waals surface area (Å²) >= 11 is 0. The SMILES string of the molecule is CC(CN1CCNCC(O)C1)C(=O)O. The number of carboxylic acids is 1. The number of carbonyl (C=O) groups is 1. The minimum Gasteiger partial charge on any atom is -0.481 e. The fraction of sp³-hybridized carbons (Fsp3) is 0.889. The van der Waals surface area contributed by atoms with E-state index in [2.05, 4.69) is 5.32 Å². The van der Waals surface area contributed by atoms with E-state index in [9.17, 15) is 9.90 Å². The zero-order chi connectivity index (χ0) is 10.6. The van der Waals surface area contributed by atoms with E-state index in [0.717, 1.165) is 13.1 Å². The molecule has 5 nitrogen and oxygen atoms in total. The average molecular weight is 202 g/mol. The van der Waals surface area contributed by atoms with Gasteiger partial charge in [-0.15, -0.1) is 0 Å². The van der Waals surface area contributed by atoms with Gasteiger partial charge >= 0.3 is 5.97 Å². The summed E-state index contributed by atoms with van der Waals surface area (Å²) in [6, 6.07) is 0. The van der Waals surface area contributed by atoms with Crippen molar-refractivity contribution in [1.82, 2.24) is 10.2 Å². The molecule has 1 rings (SSSR count). The summed E-state index contributed by atoms with van der Waals surface area (Å²) < 4.78 is 0. The largest absolute Gasteiger partial charge is 0.481 e. The van der Waals surface area contributed by atoms with Crippen LogP contribution < -0.4 is 5.32 Å². The Morgan fingerprint density at radius 2 is 2.43 bits per heavy atom. The highest BCUT2D eigenvalue weighted by Crippen LogP contribution is 2.03. The first kappa shape index (κ1) is 11.4. The average Bonchev–Trinajstić information content (AvgIpc) is 2.29. The lowest BCUT2D eigenvalue weighted by Gasteiger charge is -2.22. The van der Waals surface area contributed by atoms with Crippen molar-refractivity contribution < 1.29 is 15.0 Å². The van der Waals surface area contributed by atoms with Crippen molar-refractivity contribution in [2.24, 2.45) is 5.92 Å². The molecule has 2 atom stereocenters. The highest BCUT2D eigenvalue weighted by Gasteiger charge is 2.20. The first-order chi connectivity index (χ1) is 6.59. The Bertz CT molecular complexity index is 198. The van der Waals surface area contributed by atoms with Gasteiger partial charge in [0.2, 0.25) is 0 Å². The Balaban J connectivity index is 2.38. The minimum atomic E-state index is -0.781. The van der Waals surface area contributed by atoms with Gasteiger partial charge in [0, 0.05) is 32.7 Å². The highest BCUT2D eigenvalue weighted by molar-refractivity contribution is 5.69. The van der Waals surface area contributed by atoms with Gasteiger partial charge in [0.15, 0.2) is 0 Å². The van der Waals surface area contributed by atoms with Crippen LogP contribution in [0.5, 0.6) is 0 Å². The van der Waals surface area contributed by atoms with Gasteiger partial charge in [-0.1, -0.05) is 6.92 Å². The molecule has 0 aromatic rings. The molecule has 0 radical (unpaired) electrons. The Morgan fingerprint density at radius 3 is 3.07 bits per heavy atom. The van der Waals surface area contributed by atoms with Crippen LogP contribution in [-0.2, 0) is 4.79 Å². The Hall–Kier alpha value is -0.650. The van der Waals surface area contributed by atoms with Crippen molar-refractivity contribution in [2.45, 2.75) is 13.0 Å². The number of aliphatic carboxylic acids is 1. The zero-order valence-electron chi connectivity index (χ0n) is 8.44. The van der Waals surface area contributed by atoms with Crippen LogP contribution >= 0.6 is 0 Å². The number of nitrogens with one attached hydrogen (secondary N) is 1. The maximum Gasteiger partial charge on any atom is 0.307 e. The molecule has 1 aliphatic rings. The number of aliphatic hydroxyl groups is 1. The van der Waals surface area contributed by atoms with Gasteiger partial charge in [-0.25, -0.2) is 0 Å². The van der Waals surface area contributed by atoms with E-state index < -0.39 is 12.1 Å². The van der Waals surface area contributed by atoms with Crippen LogP contribution in [0.2, 0.25) is 0 Å². The Kier molecular flexibility index (Phi) is 4.31. The molecule has 0 spiro atoms. The van der Waals surface area contributed by atoms with Crippen molar-refractivity contribution in [2.75, 3.05) is 32.7 Å². The van der Waals surface area contributed by atoms with Crippen molar-refractivity contribution >= 4 is 5.97 Å². The number of hydrogen-bond donors (Lipinski definition) is 3. The summed E-state index contributed by atoms with van der Waals surface area (Å²) in [6.45, 7) is 4.96. The number of β-amino-alcohol motifs (C(OH)–C–C–N with tert-alkyl or cyclic N) is 1. The van der Waals surface area contributed by atoms with E-state index in [-0.39, 0.29) is 5.92 Å². The number of hydrogen-bond acceptors (Lipinski definition) is 4. The van der Waals surface area contributed by atoms with E-state index in [4.69, 9.17) is 5.11 Å². The molecule has 0 aromatic heterocycles. The van der Waals surface area contributed by atoms with Crippen LogP contribution in [0, 0.1) is 5.92 Å². The van der Waals surface area contributed by atoms with Gasteiger partial charge in [-0.05, 0) is 0 Å². The summed E-state index contributed by atoms with van der Waals surface area (Å²) in [7, 11) is 0. The van der Waals surface area contributed by atoms with Crippen LogP contribution in [-0.4, -0.2) is 59.9 Å².